The van der Waals surface area contributed by atoms with Crippen LogP contribution in [0.15, 0.2) is 0 Å². The summed E-state index contributed by atoms with van der Waals surface area (Å²) in [5.74, 6) is 0. The Morgan fingerprint density at radius 2 is 0.385 bits per heavy atom. The first-order valence-corrected chi connectivity index (χ1v) is 18.0. The van der Waals surface area contributed by atoms with Gasteiger partial charge >= 0.3 is 59.1 Å². The predicted molar refractivity (Wildman–Crippen MR) is 184 cm³/mol. The number of unbranched alkanes of at least 4 members (excludes halogenated alkanes) is 30. The van der Waals surface area contributed by atoms with Crippen molar-refractivity contribution in [2.45, 2.75) is 219 Å². The molecule has 0 aliphatic heterocycles. The van der Waals surface area contributed by atoms with Gasteiger partial charge in [-0.3, -0.25) is 0 Å². The van der Waals surface area contributed by atoms with Crippen molar-refractivity contribution in [3.05, 3.63) is 0 Å². The van der Waals surface area contributed by atoms with Crippen LogP contribution in [0.3, 0.4) is 0 Å². The Labute approximate surface area is 293 Å². The van der Waals surface area contributed by atoms with Gasteiger partial charge < -0.3 is 4.74 Å². The van der Waals surface area contributed by atoms with Crippen LogP contribution in [0.1, 0.15) is 219 Å². The number of rotatable bonds is 34. The number of hydrogen-bond donors (Lipinski definition) is 0. The van der Waals surface area contributed by atoms with Crippen molar-refractivity contribution < 1.29 is 4.74 Å². The van der Waals surface area contributed by atoms with E-state index in [1.807, 2.05) is 0 Å². The summed E-state index contributed by atoms with van der Waals surface area (Å²) in [6.07, 6.45) is 46.0. The maximum absolute atomic E-state index is 5.87. The molecule has 0 fully saturated rings. The Bertz CT molecular complexity index is 343. The van der Waals surface area contributed by atoms with Crippen molar-refractivity contribution in [3.63, 3.8) is 0 Å². The summed E-state index contributed by atoms with van der Waals surface area (Å²) in [7, 11) is 0. The van der Waals surface area contributed by atoms with Crippen molar-refractivity contribution in [2.24, 2.45) is 0 Å². The average molecular weight is 571 g/mol. The molecule has 0 aromatic rings. The van der Waals surface area contributed by atoms with Crippen LogP contribution in [-0.2, 0) is 4.74 Å². The maximum atomic E-state index is 5.87. The Morgan fingerprint density at radius 1 is 0.231 bits per heavy atom. The third-order valence-electron chi connectivity index (χ3n) is 8.28. The molecule has 0 N–H and O–H groups in total. The molecule has 39 heavy (non-hydrogen) atoms. The Hall–Kier alpha value is 1.96. The van der Waals surface area contributed by atoms with E-state index >= 15 is 0 Å². The minimum atomic E-state index is 0. The zero-order valence-corrected chi connectivity index (χ0v) is 26.4. The van der Waals surface area contributed by atoms with Crippen molar-refractivity contribution in [2.75, 3.05) is 13.2 Å². The molecule has 0 rings (SSSR count). The Kier molecular flexibility index (Phi) is 51.7. The summed E-state index contributed by atoms with van der Waals surface area (Å²) in [4.78, 5) is 0. The summed E-state index contributed by atoms with van der Waals surface area (Å²) in [6.45, 7) is 6.60. The molecule has 0 spiro atoms. The van der Waals surface area contributed by atoms with Crippen molar-refractivity contribution in [1.29, 1.82) is 0 Å². The molecule has 0 aliphatic carbocycles. The van der Waals surface area contributed by atoms with Gasteiger partial charge in [-0.1, -0.05) is 206 Å². The van der Waals surface area contributed by atoms with Gasteiger partial charge in [-0.05, 0) is 12.8 Å². The van der Waals surface area contributed by atoms with E-state index in [4.69, 9.17) is 4.74 Å². The molecule has 0 radical (unpaired) electrons. The van der Waals surface area contributed by atoms with Gasteiger partial charge in [0.1, 0.15) is 0 Å². The second-order valence-electron chi connectivity index (χ2n) is 12.2. The van der Waals surface area contributed by atoms with Gasteiger partial charge in [0.15, 0.2) is 0 Å². The van der Waals surface area contributed by atoms with Crippen LogP contribution in [0.5, 0.6) is 0 Å². The van der Waals surface area contributed by atoms with Gasteiger partial charge in [0.2, 0.25) is 0 Å². The van der Waals surface area contributed by atoms with Crippen molar-refractivity contribution >= 4 is 59.1 Å². The SMILES string of the molecule is CCCCCCCCCCCCCCCCCCOCCCCCCCCCCCCCCCCCC.[NaH].[NaH]. The first kappa shape index (κ1) is 45.4. The van der Waals surface area contributed by atoms with Gasteiger partial charge in [-0.15, -0.1) is 0 Å². The zero-order chi connectivity index (χ0) is 26.7. The molecule has 0 unspecified atom stereocenters. The van der Waals surface area contributed by atoms with Gasteiger partial charge in [0.05, 0.1) is 0 Å². The molecular weight excluding hydrogens is 494 g/mol. The van der Waals surface area contributed by atoms with E-state index in [0.717, 1.165) is 13.2 Å². The molecule has 0 aromatic carbocycles. The molecule has 0 bridgehead atoms. The first-order chi connectivity index (χ1) is 18.4. The summed E-state index contributed by atoms with van der Waals surface area (Å²) in [5, 5.41) is 0. The molecule has 0 amide bonds. The van der Waals surface area contributed by atoms with Crippen molar-refractivity contribution in [1.82, 2.24) is 0 Å². The minimum absolute atomic E-state index is 0. The molecule has 0 atom stereocenters. The van der Waals surface area contributed by atoms with Crippen LogP contribution in [0.2, 0.25) is 0 Å². The van der Waals surface area contributed by atoms with Crippen LogP contribution in [0.25, 0.3) is 0 Å². The van der Waals surface area contributed by atoms with Crippen molar-refractivity contribution in [3.8, 4) is 0 Å². The summed E-state index contributed by atoms with van der Waals surface area (Å²) in [5.41, 5.74) is 0. The molecular formula is C36H76Na2O. The quantitative estimate of drug-likeness (QED) is 0.0552. The predicted octanol–water partition coefficient (Wildman–Crippen LogP) is 12.2. The van der Waals surface area contributed by atoms with Gasteiger partial charge in [0.25, 0.3) is 0 Å². The molecule has 0 heterocycles. The fraction of sp³-hybridized carbons (Fsp3) is 1.00. The second-order valence-corrected chi connectivity index (χ2v) is 12.2. The van der Waals surface area contributed by atoms with Gasteiger partial charge in [-0.2, -0.15) is 0 Å². The van der Waals surface area contributed by atoms with Crippen LogP contribution in [0.4, 0.5) is 0 Å². The fourth-order valence-corrected chi connectivity index (χ4v) is 5.61. The third kappa shape index (κ3) is 44.5. The normalized spacial score (nSPS) is 10.9. The fourth-order valence-electron chi connectivity index (χ4n) is 5.61. The zero-order valence-electron chi connectivity index (χ0n) is 26.4. The number of ether oxygens (including phenoxy) is 1. The van der Waals surface area contributed by atoms with E-state index < -0.39 is 0 Å². The topological polar surface area (TPSA) is 9.23 Å². The second kappa shape index (κ2) is 44.4. The Balaban J connectivity index is -0.00000648. The molecule has 0 aromatic heterocycles. The van der Waals surface area contributed by atoms with Gasteiger partial charge in [-0.25, -0.2) is 0 Å². The Morgan fingerprint density at radius 3 is 0.564 bits per heavy atom. The van der Waals surface area contributed by atoms with E-state index in [0.29, 0.717) is 0 Å². The monoisotopic (exact) mass is 571 g/mol. The first-order valence-electron chi connectivity index (χ1n) is 18.0. The standard InChI is InChI=1S/C36H74O.2Na.2H/c1-3-5-7-9-11-13-15-17-19-21-23-25-27-29-31-33-35-37-36-34-32-30-28-26-24-22-20-18-16-14-12-10-8-6-4-2;;;;/h3-36H2,1-2H3;;;;. The van der Waals surface area contributed by atoms with Crippen LogP contribution >= 0.6 is 0 Å². The molecule has 0 saturated heterocycles. The van der Waals surface area contributed by atoms with E-state index in [9.17, 15) is 0 Å². The third-order valence-corrected chi connectivity index (χ3v) is 8.28. The molecule has 3 heteroatoms. The van der Waals surface area contributed by atoms with Crippen LogP contribution < -0.4 is 0 Å². The summed E-state index contributed by atoms with van der Waals surface area (Å²) >= 11 is 0. The van der Waals surface area contributed by atoms with Gasteiger partial charge in [0, 0.05) is 13.2 Å². The van der Waals surface area contributed by atoms with E-state index in [2.05, 4.69) is 13.8 Å². The summed E-state index contributed by atoms with van der Waals surface area (Å²) in [6, 6.07) is 0. The van der Waals surface area contributed by atoms with E-state index in [-0.39, 0.29) is 59.1 Å². The van der Waals surface area contributed by atoms with E-state index in [1.165, 1.54) is 205 Å². The molecule has 0 saturated carbocycles. The van der Waals surface area contributed by atoms with E-state index in [1.54, 1.807) is 0 Å². The molecule has 228 valence electrons. The van der Waals surface area contributed by atoms with Crippen LogP contribution in [0, 0.1) is 0 Å². The summed E-state index contributed by atoms with van der Waals surface area (Å²) < 4.78 is 5.87. The molecule has 1 nitrogen and oxygen atoms in total. The number of hydrogen-bond acceptors (Lipinski definition) is 1. The average Bonchev–Trinajstić information content (AvgIpc) is 2.91. The molecule has 0 aliphatic rings. The van der Waals surface area contributed by atoms with Crippen LogP contribution in [-0.4, -0.2) is 72.3 Å².